The Bertz CT molecular complexity index is 1330. The van der Waals surface area contributed by atoms with Gasteiger partial charge in [0.2, 0.25) is 0 Å². The van der Waals surface area contributed by atoms with Gasteiger partial charge in [-0.25, -0.2) is 4.98 Å². The van der Waals surface area contributed by atoms with Crippen molar-refractivity contribution in [1.29, 1.82) is 0 Å². The lowest BCUT2D eigenvalue weighted by Crippen LogP contribution is -2.38. The third-order valence-electron chi connectivity index (χ3n) is 7.25. The van der Waals surface area contributed by atoms with Crippen LogP contribution in [0.1, 0.15) is 40.7 Å². The molecule has 1 saturated heterocycles. The normalized spacial score (nSPS) is 17.4. The van der Waals surface area contributed by atoms with E-state index in [0.29, 0.717) is 12.2 Å². The smallest absolute Gasteiger partial charge is 0.164 e. The average molecular weight is 408 g/mol. The van der Waals surface area contributed by atoms with Gasteiger partial charge in [-0.1, -0.05) is 36.4 Å². The van der Waals surface area contributed by atoms with Gasteiger partial charge in [0.1, 0.15) is 5.65 Å². The Kier molecular flexibility index (Phi) is 4.12. The van der Waals surface area contributed by atoms with Crippen LogP contribution in [-0.4, -0.2) is 28.8 Å². The molecule has 0 saturated carbocycles. The van der Waals surface area contributed by atoms with E-state index in [9.17, 15) is 4.79 Å². The molecule has 3 heterocycles. The molecular weight excluding hydrogens is 382 g/mol. The predicted octanol–water partition coefficient (Wildman–Crippen LogP) is 5.41. The summed E-state index contributed by atoms with van der Waals surface area (Å²) >= 11 is 0. The summed E-state index contributed by atoms with van der Waals surface area (Å²) in [6, 6.07) is 17.1. The molecule has 1 aliphatic heterocycles. The lowest BCUT2D eigenvalue weighted by molar-refractivity contribution is 0.0964. The number of aryl methyl sites for hydroxylation is 1. The monoisotopic (exact) mass is 407 g/mol. The lowest BCUT2D eigenvalue weighted by Gasteiger charge is -2.34. The zero-order chi connectivity index (χ0) is 21.0. The number of aromatic amines is 1. The van der Waals surface area contributed by atoms with Crippen molar-refractivity contribution >= 4 is 16.8 Å². The molecule has 4 aromatic rings. The molecule has 0 radical (unpaired) electrons. The Morgan fingerprint density at radius 3 is 2.61 bits per heavy atom. The number of ketones is 1. The number of nitrogens with zero attached hydrogens (tertiary/aromatic N) is 1. The summed E-state index contributed by atoms with van der Waals surface area (Å²) in [6.45, 7) is 4.09. The highest BCUT2D eigenvalue weighted by atomic mass is 16.1. The van der Waals surface area contributed by atoms with E-state index in [-0.39, 0.29) is 5.41 Å². The molecule has 2 aliphatic rings. The van der Waals surface area contributed by atoms with E-state index in [1.165, 1.54) is 16.7 Å². The number of pyridine rings is 1. The number of Topliss-reactive ketones (excluding diaryl/α,β-unsaturated/α-hetero) is 1. The Morgan fingerprint density at radius 1 is 0.935 bits per heavy atom. The molecule has 2 N–H and O–H groups in total. The van der Waals surface area contributed by atoms with Gasteiger partial charge >= 0.3 is 0 Å². The molecule has 154 valence electrons. The van der Waals surface area contributed by atoms with Crippen LogP contribution in [0.5, 0.6) is 0 Å². The minimum Gasteiger partial charge on any atom is -0.346 e. The molecule has 2 aromatic heterocycles. The van der Waals surface area contributed by atoms with Crippen molar-refractivity contribution in [3.8, 4) is 22.3 Å². The number of piperidine rings is 1. The number of fused-ring (bicyclic) bond motifs is 3. The van der Waals surface area contributed by atoms with E-state index in [1.54, 1.807) is 0 Å². The summed E-state index contributed by atoms with van der Waals surface area (Å²) in [5.41, 5.74) is 8.92. The second kappa shape index (κ2) is 6.89. The molecule has 4 heteroatoms. The molecule has 1 aliphatic carbocycles. The third kappa shape index (κ3) is 2.86. The van der Waals surface area contributed by atoms with Gasteiger partial charge in [0.25, 0.3) is 0 Å². The summed E-state index contributed by atoms with van der Waals surface area (Å²) < 4.78 is 0. The molecule has 0 amide bonds. The second-order valence-corrected chi connectivity index (χ2v) is 9.03. The largest absolute Gasteiger partial charge is 0.346 e. The van der Waals surface area contributed by atoms with Gasteiger partial charge in [0.15, 0.2) is 5.78 Å². The number of carbonyl (C=O) groups is 1. The maximum absolute atomic E-state index is 12.7. The fraction of sp³-hybridized carbons (Fsp3) is 0.259. The summed E-state index contributed by atoms with van der Waals surface area (Å²) in [5, 5.41) is 4.56. The lowest BCUT2D eigenvalue weighted by atomic mass is 9.74. The zero-order valence-electron chi connectivity index (χ0n) is 17.7. The molecule has 0 atom stereocenters. The number of aromatic nitrogens is 2. The van der Waals surface area contributed by atoms with Crippen molar-refractivity contribution in [3.63, 3.8) is 0 Å². The van der Waals surface area contributed by atoms with E-state index in [1.807, 2.05) is 18.5 Å². The van der Waals surface area contributed by atoms with Gasteiger partial charge in [0.05, 0.1) is 0 Å². The summed E-state index contributed by atoms with van der Waals surface area (Å²) in [7, 11) is 0. The van der Waals surface area contributed by atoms with Crippen LogP contribution in [0.3, 0.4) is 0 Å². The van der Waals surface area contributed by atoms with Crippen LogP contribution in [0, 0.1) is 6.92 Å². The van der Waals surface area contributed by atoms with Crippen LogP contribution in [0.25, 0.3) is 33.3 Å². The molecule has 1 fully saturated rings. The first kappa shape index (κ1) is 18.5. The Balaban J connectivity index is 1.49. The highest BCUT2D eigenvalue weighted by molar-refractivity contribution is 6.04. The number of hydrogen-bond donors (Lipinski definition) is 2. The molecule has 4 nitrogen and oxygen atoms in total. The van der Waals surface area contributed by atoms with E-state index < -0.39 is 0 Å². The molecular formula is C27H25N3O. The number of nitrogens with one attached hydrogen (secondary N) is 2. The van der Waals surface area contributed by atoms with Crippen molar-refractivity contribution in [1.82, 2.24) is 15.3 Å². The summed E-state index contributed by atoms with van der Waals surface area (Å²) in [4.78, 5) is 20.8. The molecule has 31 heavy (non-hydrogen) atoms. The van der Waals surface area contributed by atoms with Crippen LogP contribution < -0.4 is 5.32 Å². The fourth-order valence-electron chi connectivity index (χ4n) is 5.53. The van der Waals surface area contributed by atoms with Gasteiger partial charge in [-0.05, 0) is 67.2 Å². The average Bonchev–Trinajstić information content (AvgIpc) is 3.33. The Hall–Kier alpha value is -3.24. The highest BCUT2D eigenvalue weighted by Gasteiger charge is 2.43. The highest BCUT2D eigenvalue weighted by Crippen LogP contribution is 2.46. The van der Waals surface area contributed by atoms with Gasteiger partial charge in [-0.3, -0.25) is 4.79 Å². The van der Waals surface area contributed by atoms with Crippen molar-refractivity contribution in [3.05, 3.63) is 77.6 Å². The van der Waals surface area contributed by atoms with Crippen molar-refractivity contribution in [2.24, 2.45) is 0 Å². The maximum atomic E-state index is 12.7. The van der Waals surface area contributed by atoms with E-state index in [4.69, 9.17) is 4.98 Å². The number of carbonyl (C=O) groups excluding carboxylic acids is 1. The summed E-state index contributed by atoms with van der Waals surface area (Å²) in [5.74, 6) is 0.297. The van der Waals surface area contributed by atoms with Crippen molar-refractivity contribution in [2.75, 3.05) is 13.1 Å². The minimum absolute atomic E-state index is 0.00431. The van der Waals surface area contributed by atoms with Crippen molar-refractivity contribution in [2.45, 2.75) is 31.6 Å². The van der Waals surface area contributed by atoms with E-state index in [2.05, 4.69) is 59.7 Å². The van der Waals surface area contributed by atoms with Gasteiger partial charge in [-0.15, -0.1) is 0 Å². The SMILES string of the molecule is Cc1ccccc1-c1cnc2[nH]cc(-c3ccc4c(c3)C3(CCNCC3)CC4=O)c2c1. The molecule has 0 unspecified atom stereocenters. The van der Waals surface area contributed by atoms with Crippen LogP contribution in [0.15, 0.2) is 60.9 Å². The number of H-pyrrole nitrogens is 1. The molecule has 6 rings (SSSR count). The third-order valence-corrected chi connectivity index (χ3v) is 7.25. The van der Waals surface area contributed by atoms with Crippen molar-refractivity contribution < 1.29 is 4.79 Å². The number of rotatable bonds is 2. The van der Waals surface area contributed by atoms with Gasteiger partial charge in [-0.2, -0.15) is 0 Å². The predicted molar refractivity (Wildman–Crippen MR) is 124 cm³/mol. The minimum atomic E-state index is 0.00431. The van der Waals surface area contributed by atoms with Crippen LogP contribution in [-0.2, 0) is 5.41 Å². The van der Waals surface area contributed by atoms with E-state index in [0.717, 1.165) is 59.2 Å². The molecule has 0 bridgehead atoms. The number of hydrogen-bond acceptors (Lipinski definition) is 3. The van der Waals surface area contributed by atoms with Crippen LogP contribution >= 0.6 is 0 Å². The van der Waals surface area contributed by atoms with Crippen LogP contribution in [0.2, 0.25) is 0 Å². The Morgan fingerprint density at radius 2 is 1.77 bits per heavy atom. The maximum Gasteiger partial charge on any atom is 0.164 e. The first-order valence-electron chi connectivity index (χ1n) is 11.1. The van der Waals surface area contributed by atoms with Gasteiger partial charge < -0.3 is 10.3 Å². The van der Waals surface area contributed by atoms with E-state index >= 15 is 0 Å². The quantitative estimate of drug-likeness (QED) is 0.467. The standard InChI is InChI=1S/C27H25N3O/c1-17-4-2-3-5-20(17)19-12-22-23(16-30-26(22)29-15-19)18-6-7-21-24(13-18)27(14-25(21)31)8-10-28-11-9-27/h2-7,12-13,15-16,28H,8-11,14H2,1H3,(H,29,30). The second-order valence-electron chi connectivity index (χ2n) is 9.03. The molecule has 2 aromatic carbocycles. The number of benzene rings is 2. The first-order chi connectivity index (χ1) is 15.1. The fourth-order valence-corrected chi connectivity index (χ4v) is 5.53. The Labute approximate surface area is 181 Å². The topological polar surface area (TPSA) is 57.8 Å². The molecule has 1 spiro atoms. The first-order valence-corrected chi connectivity index (χ1v) is 11.1. The summed E-state index contributed by atoms with van der Waals surface area (Å²) in [6.07, 6.45) is 6.70. The zero-order valence-corrected chi connectivity index (χ0v) is 17.7. The van der Waals surface area contributed by atoms with Crippen LogP contribution in [0.4, 0.5) is 0 Å². The van der Waals surface area contributed by atoms with Gasteiger partial charge in [0, 0.05) is 46.3 Å².